The predicted molar refractivity (Wildman–Crippen MR) is 70.8 cm³/mol. The molecular weight excluding hydrogens is 236 g/mol. The number of hydrogen-bond donors (Lipinski definition) is 2. The summed E-state index contributed by atoms with van der Waals surface area (Å²) in [5.41, 5.74) is 6.45. The average Bonchev–Trinajstić information content (AvgIpc) is 2.71. The van der Waals surface area contributed by atoms with Gasteiger partial charge in [0, 0.05) is 19.5 Å². The molecule has 0 bridgehead atoms. The van der Waals surface area contributed by atoms with E-state index in [1.54, 1.807) is 0 Å². The van der Waals surface area contributed by atoms with Crippen molar-refractivity contribution in [3.8, 4) is 0 Å². The van der Waals surface area contributed by atoms with E-state index in [1.165, 1.54) is 11.3 Å². The minimum Gasteiger partial charge on any atom is -0.397 e. The molecule has 0 unspecified atom stereocenters. The molecule has 1 aromatic rings. The van der Waals surface area contributed by atoms with Crippen LogP contribution in [0.25, 0.3) is 0 Å². The molecule has 1 aromatic heterocycles. The van der Waals surface area contributed by atoms with Gasteiger partial charge in [0.25, 0.3) is 0 Å². The Balaban J connectivity index is 2.14. The van der Waals surface area contributed by atoms with Crippen LogP contribution in [0, 0.1) is 0 Å². The summed E-state index contributed by atoms with van der Waals surface area (Å²) >= 11 is 1.47. The van der Waals surface area contributed by atoms with Gasteiger partial charge in [0.1, 0.15) is 0 Å². The van der Waals surface area contributed by atoms with Crippen LogP contribution in [0.1, 0.15) is 35.9 Å². The largest absolute Gasteiger partial charge is 0.397 e. The van der Waals surface area contributed by atoms with Crippen molar-refractivity contribution in [3.05, 3.63) is 10.9 Å². The molecule has 0 amide bonds. The Labute approximate surface area is 105 Å². The fourth-order valence-corrected chi connectivity index (χ4v) is 3.15. The Morgan fingerprint density at radius 2 is 2.24 bits per heavy atom. The van der Waals surface area contributed by atoms with Gasteiger partial charge >= 0.3 is 0 Å². The molecule has 0 spiro atoms. The molecule has 0 aliphatic carbocycles. The number of anilines is 2. The number of carbonyl (C=O) groups excluding carboxylic acids is 1. The molecule has 3 N–H and O–H groups in total. The molecule has 0 aromatic carbocycles. The number of hydrogen-bond acceptors (Lipinski definition) is 5. The van der Waals surface area contributed by atoms with Gasteiger partial charge in [-0.2, -0.15) is 0 Å². The molecule has 17 heavy (non-hydrogen) atoms. The second kappa shape index (κ2) is 5.06. The van der Waals surface area contributed by atoms with Crippen molar-refractivity contribution < 1.29 is 9.90 Å². The van der Waals surface area contributed by atoms with E-state index in [0.717, 1.165) is 30.9 Å². The summed E-state index contributed by atoms with van der Waals surface area (Å²) in [6.07, 6.45) is 1.88. The van der Waals surface area contributed by atoms with Crippen LogP contribution < -0.4 is 10.6 Å². The average molecular weight is 254 g/mol. The third-order valence-corrected chi connectivity index (χ3v) is 4.35. The molecule has 94 valence electrons. The van der Waals surface area contributed by atoms with Crippen molar-refractivity contribution in [2.75, 3.05) is 23.7 Å². The first-order valence-electron chi connectivity index (χ1n) is 5.97. The van der Waals surface area contributed by atoms with Gasteiger partial charge in [0.05, 0.1) is 21.7 Å². The number of aliphatic hydroxyl groups excluding tert-OH is 1. The van der Waals surface area contributed by atoms with Crippen molar-refractivity contribution in [1.29, 1.82) is 0 Å². The number of Topliss-reactive ketones (excluding diaryl/α,β-unsaturated/α-hetero) is 1. The van der Waals surface area contributed by atoms with E-state index in [2.05, 4.69) is 4.90 Å². The van der Waals surface area contributed by atoms with Gasteiger partial charge in [-0.15, -0.1) is 11.3 Å². The highest BCUT2D eigenvalue weighted by molar-refractivity contribution is 7.18. The number of thiophene rings is 1. The highest BCUT2D eigenvalue weighted by atomic mass is 32.1. The highest BCUT2D eigenvalue weighted by Gasteiger charge is 2.21. The normalized spacial score (nSPS) is 17.4. The van der Waals surface area contributed by atoms with Crippen LogP contribution in [0.4, 0.5) is 10.7 Å². The van der Waals surface area contributed by atoms with Crippen molar-refractivity contribution in [2.24, 2.45) is 0 Å². The van der Waals surface area contributed by atoms with Crippen LogP contribution in [0.15, 0.2) is 6.07 Å². The van der Waals surface area contributed by atoms with Crippen LogP contribution in [0.2, 0.25) is 0 Å². The lowest BCUT2D eigenvalue weighted by Gasteiger charge is -2.30. The Kier molecular flexibility index (Phi) is 3.69. The Hall–Kier alpha value is -1.07. The van der Waals surface area contributed by atoms with Crippen LogP contribution >= 0.6 is 11.3 Å². The van der Waals surface area contributed by atoms with Gasteiger partial charge in [-0.3, -0.25) is 4.79 Å². The summed E-state index contributed by atoms with van der Waals surface area (Å²) in [5.74, 6) is 0.107. The summed E-state index contributed by atoms with van der Waals surface area (Å²) < 4.78 is 0. The number of aliphatic hydroxyl groups is 1. The van der Waals surface area contributed by atoms with Gasteiger partial charge < -0.3 is 15.7 Å². The number of piperidine rings is 1. The van der Waals surface area contributed by atoms with Gasteiger partial charge in [0.2, 0.25) is 0 Å². The van der Waals surface area contributed by atoms with Gasteiger partial charge in [-0.05, 0) is 18.9 Å². The molecule has 1 aliphatic rings. The lowest BCUT2D eigenvalue weighted by atomic mass is 10.1. The Bertz CT molecular complexity index is 409. The first kappa shape index (κ1) is 12.4. The van der Waals surface area contributed by atoms with Crippen molar-refractivity contribution in [2.45, 2.75) is 32.3 Å². The fourth-order valence-electron chi connectivity index (χ4n) is 2.01. The van der Waals surface area contributed by atoms with Crippen molar-refractivity contribution in [1.82, 2.24) is 0 Å². The molecule has 1 fully saturated rings. The van der Waals surface area contributed by atoms with Crippen LogP contribution in [0.3, 0.4) is 0 Å². The van der Waals surface area contributed by atoms with E-state index in [1.807, 2.05) is 13.0 Å². The number of nitrogens with zero attached hydrogens (tertiary/aromatic N) is 1. The molecule has 0 radical (unpaired) electrons. The number of nitrogens with two attached hydrogens (primary N) is 1. The monoisotopic (exact) mass is 254 g/mol. The quantitative estimate of drug-likeness (QED) is 0.808. The minimum absolute atomic E-state index is 0.107. The first-order valence-corrected chi connectivity index (χ1v) is 6.79. The second-order valence-corrected chi connectivity index (χ2v) is 5.39. The summed E-state index contributed by atoms with van der Waals surface area (Å²) in [7, 11) is 0. The number of nitrogen functional groups attached to an aromatic ring is 1. The van der Waals surface area contributed by atoms with Crippen LogP contribution in [-0.4, -0.2) is 30.1 Å². The van der Waals surface area contributed by atoms with Crippen molar-refractivity contribution >= 4 is 27.8 Å². The van der Waals surface area contributed by atoms with Gasteiger partial charge in [-0.25, -0.2) is 0 Å². The summed E-state index contributed by atoms with van der Waals surface area (Å²) in [6.45, 7) is 3.51. The van der Waals surface area contributed by atoms with E-state index in [-0.39, 0.29) is 11.9 Å². The maximum absolute atomic E-state index is 11.7. The molecular formula is C12H18N2O2S. The van der Waals surface area contributed by atoms with E-state index < -0.39 is 0 Å². The highest BCUT2D eigenvalue weighted by Crippen LogP contribution is 2.34. The van der Waals surface area contributed by atoms with Gasteiger partial charge in [0.15, 0.2) is 5.78 Å². The van der Waals surface area contributed by atoms with E-state index in [4.69, 9.17) is 5.73 Å². The van der Waals surface area contributed by atoms with E-state index >= 15 is 0 Å². The Morgan fingerprint density at radius 3 is 2.82 bits per heavy atom. The topological polar surface area (TPSA) is 66.6 Å². The molecule has 1 saturated heterocycles. The van der Waals surface area contributed by atoms with Gasteiger partial charge in [-0.1, -0.05) is 6.92 Å². The standard InChI is InChI=1S/C12H18N2O2S/c1-2-10(16)12-9(13)7-11(17-12)14-5-3-8(15)4-6-14/h7-8,15H,2-6,13H2,1H3. The third kappa shape index (κ3) is 2.61. The maximum Gasteiger partial charge on any atom is 0.174 e. The number of ketones is 1. The van der Waals surface area contributed by atoms with E-state index in [0.29, 0.717) is 17.0 Å². The zero-order valence-corrected chi connectivity index (χ0v) is 10.8. The number of rotatable bonds is 3. The fraction of sp³-hybridized carbons (Fsp3) is 0.583. The third-order valence-electron chi connectivity index (χ3n) is 3.10. The number of carbonyl (C=O) groups is 1. The molecule has 2 rings (SSSR count). The predicted octanol–water partition coefficient (Wildman–Crippen LogP) is 1.88. The van der Waals surface area contributed by atoms with E-state index in [9.17, 15) is 9.90 Å². The zero-order valence-electron chi connectivity index (χ0n) is 9.98. The van der Waals surface area contributed by atoms with Crippen LogP contribution in [-0.2, 0) is 0 Å². The smallest absolute Gasteiger partial charge is 0.174 e. The molecule has 0 saturated carbocycles. The molecule has 5 heteroatoms. The summed E-state index contributed by atoms with van der Waals surface area (Å²) in [6, 6.07) is 1.88. The molecule has 4 nitrogen and oxygen atoms in total. The van der Waals surface area contributed by atoms with Crippen molar-refractivity contribution in [3.63, 3.8) is 0 Å². The lowest BCUT2D eigenvalue weighted by molar-refractivity contribution is 0.0992. The molecule has 2 heterocycles. The Morgan fingerprint density at radius 1 is 1.59 bits per heavy atom. The minimum atomic E-state index is -0.180. The molecule has 0 atom stereocenters. The summed E-state index contributed by atoms with van der Waals surface area (Å²) in [5, 5.41) is 10.5. The first-order chi connectivity index (χ1) is 8.11. The van der Waals surface area contributed by atoms with Crippen LogP contribution in [0.5, 0.6) is 0 Å². The second-order valence-electron chi connectivity index (χ2n) is 4.36. The summed E-state index contributed by atoms with van der Waals surface area (Å²) in [4.78, 5) is 14.5. The SMILES string of the molecule is CCC(=O)c1sc(N2CCC(O)CC2)cc1N. The zero-order chi connectivity index (χ0) is 12.4. The lowest BCUT2D eigenvalue weighted by Crippen LogP contribution is -2.35. The molecule has 1 aliphatic heterocycles. The maximum atomic E-state index is 11.7.